The number of aromatic amines is 2. The Morgan fingerprint density at radius 2 is 1.93 bits per heavy atom. The number of nitriles is 1. The minimum atomic E-state index is -0.890. The molecule has 30 heavy (non-hydrogen) atoms. The molecule has 10 heteroatoms. The number of nitrogens with one attached hydrogen (secondary N) is 2. The Kier molecular flexibility index (Phi) is 3.86. The highest BCUT2D eigenvalue weighted by molar-refractivity contribution is 5.63. The predicted octanol–water partition coefficient (Wildman–Crippen LogP) is 2.19. The third-order valence-corrected chi connectivity index (χ3v) is 5.28. The Balaban J connectivity index is 1.59. The van der Waals surface area contributed by atoms with Gasteiger partial charge in [-0.25, -0.2) is 23.1 Å². The molecule has 0 unspecified atom stereocenters. The summed E-state index contributed by atoms with van der Waals surface area (Å²) >= 11 is 0. The number of hydrogen-bond donors (Lipinski definition) is 2. The van der Waals surface area contributed by atoms with Crippen molar-refractivity contribution >= 4 is 5.65 Å². The van der Waals surface area contributed by atoms with Crippen molar-refractivity contribution in [1.82, 2.24) is 24.6 Å². The van der Waals surface area contributed by atoms with Crippen molar-refractivity contribution in [3.63, 3.8) is 0 Å². The number of H-pyrrole nitrogens is 2. The van der Waals surface area contributed by atoms with Crippen molar-refractivity contribution in [2.24, 2.45) is 0 Å². The van der Waals surface area contributed by atoms with Crippen LogP contribution in [0.1, 0.15) is 34.9 Å². The maximum absolute atomic E-state index is 14.0. The minimum Gasteiger partial charge on any atom is -0.313 e. The summed E-state index contributed by atoms with van der Waals surface area (Å²) in [6, 6.07) is 5.59. The molecule has 2 atom stereocenters. The van der Waals surface area contributed by atoms with Crippen LogP contribution in [0.15, 0.2) is 46.4 Å². The molecule has 0 bridgehead atoms. The second-order valence-electron chi connectivity index (χ2n) is 7.09. The Labute approximate surface area is 166 Å². The van der Waals surface area contributed by atoms with Gasteiger partial charge in [-0.1, -0.05) is 0 Å². The zero-order chi connectivity index (χ0) is 21.0. The van der Waals surface area contributed by atoms with Crippen LogP contribution in [0.25, 0.3) is 16.9 Å². The highest BCUT2D eigenvalue weighted by Crippen LogP contribution is 2.55. The molecule has 148 valence electrons. The van der Waals surface area contributed by atoms with Crippen molar-refractivity contribution in [1.29, 1.82) is 5.26 Å². The Hall–Kier alpha value is -4.13. The van der Waals surface area contributed by atoms with Crippen LogP contribution in [-0.4, -0.2) is 24.6 Å². The first-order chi connectivity index (χ1) is 14.5. The van der Waals surface area contributed by atoms with E-state index in [9.17, 15) is 18.4 Å². The molecule has 0 saturated heterocycles. The first-order valence-corrected chi connectivity index (χ1v) is 9.02. The summed E-state index contributed by atoms with van der Waals surface area (Å²) in [5, 5.41) is 13.2. The Morgan fingerprint density at radius 3 is 2.63 bits per heavy atom. The topological polar surface area (TPSA) is 120 Å². The van der Waals surface area contributed by atoms with E-state index in [4.69, 9.17) is 5.26 Å². The van der Waals surface area contributed by atoms with E-state index >= 15 is 0 Å². The lowest BCUT2D eigenvalue weighted by atomic mass is 10.0. The molecule has 5 rings (SSSR count). The van der Waals surface area contributed by atoms with Gasteiger partial charge in [0.1, 0.15) is 23.3 Å². The molecule has 1 aliphatic carbocycles. The molecular formula is C20H12F2N6O2. The highest BCUT2D eigenvalue weighted by atomic mass is 19.1. The van der Waals surface area contributed by atoms with Crippen LogP contribution in [0, 0.1) is 23.0 Å². The molecule has 0 aliphatic heterocycles. The fraction of sp³-hybridized carbons (Fsp3) is 0.150. The van der Waals surface area contributed by atoms with Gasteiger partial charge in [-0.05, 0) is 42.0 Å². The van der Waals surface area contributed by atoms with E-state index in [-0.39, 0.29) is 17.4 Å². The lowest BCUT2D eigenvalue weighted by molar-refractivity contribution is 0.573. The Morgan fingerprint density at radius 1 is 1.17 bits per heavy atom. The molecule has 1 aliphatic rings. The summed E-state index contributed by atoms with van der Waals surface area (Å²) in [6.45, 7) is 0. The second-order valence-corrected chi connectivity index (χ2v) is 7.09. The highest BCUT2D eigenvalue weighted by Gasteiger charge is 2.42. The van der Waals surface area contributed by atoms with Gasteiger partial charge in [0.05, 0.1) is 11.3 Å². The molecule has 3 aromatic heterocycles. The number of nitrogens with zero attached hydrogens (tertiary/aromatic N) is 4. The van der Waals surface area contributed by atoms with Crippen LogP contribution in [0.5, 0.6) is 0 Å². The van der Waals surface area contributed by atoms with Gasteiger partial charge < -0.3 is 4.98 Å². The van der Waals surface area contributed by atoms with Gasteiger partial charge in [-0.2, -0.15) is 10.4 Å². The van der Waals surface area contributed by atoms with Gasteiger partial charge in [0.2, 0.25) is 0 Å². The quantitative estimate of drug-likeness (QED) is 0.541. The maximum Gasteiger partial charge on any atom is 0.325 e. The first-order valence-electron chi connectivity index (χ1n) is 9.02. The summed E-state index contributed by atoms with van der Waals surface area (Å²) in [6.07, 6.45) is 5.09. The minimum absolute atomic E-state index is 0.0924. The van der Waals surface area contributed by atoms with Gasteiger partial charge in [0.15, 0.2) is 5.65 Å². The summed E-state index contributed by atoms with van der Waals surface area (Å²) in [4.78, 5) is 32.4. The lowest BCUT2D eigenvalue weighted by Gasteiger charge is -2.08. The monoisotopic (exact) mass is 406 g/mol. The molecule has 0 spiro atoms. The van der Waals surface area contributed by atoms with Crippen LogP contribution >= 0.6 is 0 Å². The molecule has 3 heterocycles. The van der Waals surface area contributed by atoms with Gasteiger partial charge in [0.25, 0.3) is 5.56 Å². The molecule has 1 fully saturated rings. The van der Waals surface area contributed by atoms with Crippen molar-refractivity contribution in [2.75, 3.05) is 0 Å². The molecule has 2 N–H and O–H groups in total. The zero-order valence-electron chi connectivity index (χ0n) is 15.2. The number of hydrogen-bond acceptors (Lipinski definition) is 5. The fourth-order valence-corrected chi connectivity index (χ4v) is 3.77. The molecule has 0 radical (unpaired) electrons. The smallest absolute Gasteiger partial charge is 0.313 e. The first kappa shape index (κ1) is 17.9. The van der Waals surface area contributed by atoms with E-state index < -0.39 is 28.4 Å². The predicted molar refractivity (Wildman–Crippen MR) is 101 cm³/mol. The van der Waals surface area contributed by atoms with Gasteiger partial charge >= 0.3 is 5.69 Å². The number of benzene rings is 1. The molecule has 1 aromatic carbocycles. The number of imidazole rings is 1. The normalized spacial score (nSPS) is 17.8. The SMILES string of the molecule is N#Cc1c(F)cc([C@H]2C[C@@H]2c2cc(-c3c[nH]c(=O)[nH]c3=O)nn3ccnc23)cc1F. The molecular weight excluding hydrogens is 394 g/mol. The van der Waals surface area contributed by atoms with E-state index in [1.807, 2.05) is 0 Å². The van der Waals surface area contributed by atoms with Crippen molar-refractivity contribution in [2.45, 2.75) is 18.3 Å². The van der Waals surface area contributed by atoms with Crippen LogP contribution in [-0.2, 0) is 0 Å². The van der Waals surface area contributed by atoms with Gasteiger partial charge in [-0.15, -0.1) is 0 Å². The number of fused-ring (bicyclic) bond motifs is 1. The summed E-state index contributed by atoms with van der Waals surface area (Å²) in [5.41, 5.74) is 0.497. The number of rotatable bonds is 3. The summed E-state index contributed by atoms with van der Waals surface area (Å²) < 4.78 is 29.6. The van der Waals surface area contributed by atoms with E-state index in [1.165, 1.54) is 28.9 Å². The zero-order valence-corrected chi connectivity index (χ0v) is 15.2. The van der Waals surface area contributed by atoms with Crippen molar-refractivity contribution in [3.8, 4) is 17.3 Å². The number of halogens is 2. The lowest BCUT2D eigenvalue weighted by Crippen LogP contribution is -2.23. The summed E-state index contributed by atoms with van der Waals surface area (Å²) in [7, 11) is 0. The van der Waals surface area contributed by atoms with E-state index in [2.05, 4.69) is 20.1 Å². The molecule has 8 nitrogen and oxygen atoms in total. The molecule has 1 saturated carbocycles. The molecule has 4 aromatic rings. The van der Waals surface area contributed by atoms with Crippen LogP contribution in [0.2, 0.25) is 0 Å². The van der Waals surface area contributed by atoms with Crippen molar-refractivity contribution < 1.29 is 8.78 Å². The Bertz CT molecular complexity index is 1460. The second kappa shape index (κ2) is 6.45. The summed E-state index contributed by atoms with van der Waals surface area (Å²) in [5.74, 6) is -2.03. The largest absolute Gasteiger partial charge is 0.325 e. The standard InChI is InChI=1S/C20H12F2N6O2/c21-15-3-9(4-16(22)13(15)7-23)10-5-11(10)12-6-17(27-28-2-1-24-18(12)28)14-8-25-20(30)26-19(14)29/h1-4,6,8,10-11H,5H2,(H2,25,26,29,30)/t10-,11+/m1/s1. The van der Waals surface area contributed by atoms with Crippen LogP contribution in [0.3, 0.4) is 0 Å². The third kappa shape index (κ3) is 2.79. The average molecular weight is 406 g/mol. The third-order valence-electron chi connectivity index (χ3n) is 5.28. The van der Waals surface area contributed by atoms with Gasteiger partial charge in [0, 0.05) is 24.2 Å². The average Bonchev–Trinajstić information content (AvgIpc) is 3.36. The van der Waals surface area contributed by atoms with E-state index in [0.29, 0.717) is 23.3 Å². The fourth-order valence-electron chi connectivity index (χ4n) is 3.77. The maximum atomic E-state index is 14.0. The number of aromatic nitrogens is 5. The van der Waals surface area contributed by atoms with Crippen molar-refractivity contribution in [3.05, 3.63) is 86.0 Å². The van der Waals surface area contributed by atoms with E-state index in [0.717, 1.165) is 5.56 Å². The van der Waals surface area contributed by atoms with Crippen LogP contribution < -0.4 is 11.2 Å². The van der Waals surface area contributed by atoms with Crippen LogP contribution in [0.4, 0.5) is 8.78 Å². The van der Waals surface area contributed by atoms with Gasteiger partial charge in [-0.3, -0.25) is 9.78 Å². The van der Waals surface area contributed by atoms with E-state index in [1.54, 1.807) is 18.5 Å². The molecule has 0 amide bonds.